The summed E-state index contributed by atoms with van der Waals surface area (Å²) in [7, 11) is 1.80. The van der Waals surface area contributed by atoms with E-state index in [1.807, 2.05) is 0 Å². The summed E-state index contributed by atoms with van der Waals surface area (Å²) in [5.41, 5.74) is 2.54. The minimum absolute atomic E-state index is 0.482. The predicted octanol–water partition coefficient (Wildman–Crippen LogP) is 3.56. The molecule has 0 amide bonds. The Labute approximate surface area is 143 Å². The van der Waals surface area contributed by atoms with Crippen molar-refractivity contribution in [2.75, 3.05) is 13.6 Å². The minimum Gasteiger partial charge on any atom is -0.356 e. The lowest BCUT2D eigenvalue weighted by Gasteiger charge is -2.10. The van der Waals surface area contributed by atoms with Gasteiger partial charge < -0.3 is 10.6 Å². The molecule has 0 saturated heterocycles. The molecule has 5 heteroatoms. The Kier molecular flexibility index (Phi) is 7.07. The average Bonchev–Trinajstić information content (AvgIpc) is 3.04. The highest BCUT2D eigenvalue weighted by atomic mass is 32.1. The van der Waals surface area contributed by atoms with Crippen molar-refractivity contribution in [3.05, 3.63) is 52.0 Å². The second-order valence-corrected chi connectivity index (χ2v) is 6.71. The highest BCUT2D eigenvalue weighted by Crippen LogP contribution is 2.17. The number of hydrogen-bond acceptors (Lipinski definition) is 3. The summed E-state index contributed by atoms with van der Waals surface area (Å²) in [4.78, 5) is 8.89. The molecule has 1 heterocycles. The van der Waals surface area contributed by atoms with E-state index in [4.69, 9.17) is 0 Å². The van der Waals surface area contributed by atoms with Crippen LogP contribution in [0.15, 0.2) is 40.7 Å². The van der Waals surface area contributed by atoms with E-state index in [-0.39, 0.29) is 0 Å². The maximum atomic E-state index is 4.63. The van der Waals surface area contributed by atoms with E-state index in [0.29, 0.717) is 5.92 Å². The highest BCUT2D eigenvalue weighted by Gasteiger charge is 2.06. The fourth-order valence-corrected chi connectivity index (χ4v) is 3.09. The smallest absolute Gasteiger partial charge is 0.191 e. The number of guanidine groups is 1. The van der Waals surface area contributed by atoms with Crippen molar-refractivity contribution in [3.8, 4) is 0 Å². The van der Waals surface area contributed by atoms with Gasteiger partial charge in [-0.15, -0.1) is 11.3 Å². The number of aliphatic imine (C=N–C) groups is 1. The van der Waals surface area contributed by atoms with Gasteiger partial charge in [0.1, 0.15) is 5.01 Å². The number of benzene rings is 1. The Morgan fingerprint density at radius 3 is 2.65 bits per heavy atom. The molecule has 2 rings (SSSR count). The molecule has 0 aliphatic rings. The maximum absolute atomic E-state index is 4.63. The van der Waals surface area contributed by atoms with Crippen molar-refractivity contribution in [2.45, 2.75) is 39.2 Å². The maximum Gasteiger partial charge on any atom is 0.191 e. The van der Waals surface area contributed by atoms with Crippen LogP contribution in [0.5, 0.6) is 0 Å². The lowest BCUT2D eigenvalue weighted by Crippen LogP contribution is -2.37. The van der Waals surface area contributed by atoms with Crippen LogP contribution in [-0.2, 0) is 13.0 Å². The fraction of sp³-hybridized carbons (Fsp3) is 0.444. The number of thiazole rings is 1. The molecule has 2 aromatic rings. The molecule has 0 aliphatic heterocycles. The van der Waals surface area contributed by atoms with Gasteiger partial charge in [-0.25, -0.2) is 4.98 Å². The van der Waals surface area contributed by atoms with Crippen molar-refractivity contribution < 1.29 is 0 Å². The topological polar surface area (TPSA) is 49.3 Å². The first kappa shape index (κ1) is 17.5. The van der Waals surface area contributed by atoms with Gasteiger partial charge in [0, 0.05) is 19.0 Å². The molecule has 0 aliphatic carbocycles. The average molecular weight is 331 g/mol. The van der Waals surface area contributed by atoms with Gasteiger partial charge in [0.15, 0.2) is 5.96 Å². The van der Waals surface area contributed by atoms with E-state index in [9.17, 15) is 0 Å². The van der Waals surface area contributed by atoms with Gasteiger partial charge in [-0.2, -0.15) is 0 Å². The highest BCUT2D eigenvalue weighted by molar-refractivity contribution is 7.09. The minimum atomic E-state index is 0.482. The largest absolute Gasteiger partial charge is 0.356 e. The number of hydrogen-bond donors (Lipinski definition) is 2. The molecule has 0 atom stereocenters. The van der Waals surface area contributed by atoms with Crippen LogP contribution in [0.4, 0.5) is 0 Å². The second kappa shape index (κ2) is 9.30. The van der Waals surface area contributed by atoms with Crippen molar-refractivity contribution >= 4 is 17.3 Å². The first-order valence-corrected chi connectivity index (χ1v) is 8.99. The van der Waals surface area contributed by atoms with Gasteiger partial charge in [-0.1, -0.05) is 44.2 Å². The zero-order valence-corrected chi connectivity index (χ0v) is 15.0. The SMILES string of the molecule is CN=C(NCCCc1ccccc1)NCc1nc(C(C)C)cs1. The third kappa shape index (κ3) is 6.02. The monoisotopic (exact) mass is 330 g/mol. The van der Waals surface area contributed by atoms with Crippen molar-refractivity contribution in [3.63, 3.8) is 0 Å². The molecule has 2 N–H and O–H groups in total. The quantitative estimate of drug-likeness (QED) is 0.463. The van der Waals surface area contributed by atoms with Crippen LogP contribution in [0.25, 0.3) is 0 Å². The molecule has 1 aromatic carbocycles. The van der Waals surface area contributed by atoms with Gasteiger partial charge in [-0.05, 0) is 24.3 Å². The summed E-state index contributed by atoms with van der Waals surface area (Å²) < 4.78 is 0. The first-order chi connectivity index (χ1) is 11.2. The number of rotatable bonds is 7. The third-order valence-electron chi connectivity index (χ3n) is 3.57. The Morgan fingerprint density at radius 1 is 1.22 bits per heavy atom. The molecule has 0 spiro atoms. The zero-order chi connectivity index (χ0) is 16.5. The van der Waals surface area contributed by atoms with Gasteiger partial charge in [0.2, 0.25) is 0 Å². The van der Waals surface area contributed by atoms with Crippen LogP contribution in [0.2, 0.25) is 0 Å². The van der Waals surface area contributed by atoms with E-state index >= 15 is 0 Å². The van der Waals surface area contributed by atoms with E-state index in [1.165, 1.54) is 5.56 Å². The van der Waals surface area contributed by atoms with Crippen LogP contribution >= 0.6 is 11.3 Å². The Balaban J connectivity index is 1.69. The van der Waals surface area contributed by atoms with Crippen molar-refractivity contribution in [2.24, 2.45) is 4.99 Å². The molecule has 1 aromatic heterocycles. The first-order valence-electron chi connectivity index (χ1n) is 8.11. The molecule has 0 bridgehead atoms. The summed E-state index contributed by atoms with van der Waals surface area (Å²) >= 11 is 1.70. The van der Waals surface area contributed by atoms with E-state index in [0.717, 1.165) is 42.6 Å². The van der Waals surface area contributed by atoms with Crippen molar-refractivity contribution in [1.82, 2.24) is 15.6 Å². The van der Waals surface area contributed by atoms with Crippen LogP contribution in [0, 0.1) is 0 Å². The Hall–Kier alpha value is -1.88. The third-order valence-corrected chi connectivity index (χ3v) is 4.44. The van der Waals surface area contributed by atoms with Gasteiger partial charge in [-0.3, -0.25) is 4.99 Å². The molecule has 23 heavy (non-hydrogen) atoms. The summed E-state index contributed by atoms with van der Waals surface area (Å²) in [6.45, 7) is 5.96. The van der Waals surface area contributed by atoms with Gasteiger partial charge in [0.05, 0.1) is 12.2 Å². The Morgan fingerprint density at radius 2 is 2.00 bits per heavy atom. The van der Waals surface area contributed by atoms with Gasteiger partial charge >= 0.3 is 0 Å². The molecular formula is C18H26N4S. The number of nitrogens with one attached hydrogen (secondary N) is 2. The lowest BCUT2D eigenvalue weighted by atomic mass is 10.1. The van der Waals surface area contributed by atoms with E-state index < -0.39 is 0 Å². The summed E-state index contributed by atoms with van der Waals surface area (Å²) in [5, 5.41) is 9.91. The van der Waals surface area contributed by atoms with Crippen molar-refractivity contribution in [1.29, 1.82) is 0 Å². The molecule has 0 unspecified atom stereocenters. The molecular weight excluding hydrogens is 304 g/mol. The molecule has 4 nitrogen and oxygen atoms in total. The zero-order valence-electron chi connectivity index (χ0n) is 14.2. The summed E-state index contributed by atoms with van der Waals surface area (Å²) in [6, 6.07) is 10.6. The predicted molar refractivity (Wildman–Crippen MR) is 99.2 cm³/mol. The molecule has 0 radical (unpaired) electrons. The second-order valence-electron chi connectivity index (χ2n) is 5.76. The summed E-state index contributed by atoms with van der Waals surface area (Å²) in [6.07, 6.45) is 2.16. The number of nitrogens with zero attached hydrogens (tertiary/aromatic N) is 2. The lowest BCUT2D eigenvalue weighted by molar-refractivity contribution is 0.738. The fourth-order valence-electron chi connectivity index (χ4n) is 2.20. The molecule has 124 valence electrons. The molecule has 0 fully saturated rings. The van der Waals surface area contributed by atoms with E-state index in [1.54, 1.807) is 18.4 Å². The van der Waals surface area contributed by atoms with Crippen LogP contribution in [0.1, 0.15) is 42.5 Å². The number of aromatic nitrogens is 1. The normalized spacial score (nSPS) is 11.7. The van der Waals surface area contributed by atoms with E-state index in [2.05, 4.69) is 70.2 Å². The van der Waals surface area contributed by atoms with Gasteiger partial charge in [0.25, 0.3) is 0 Å². The molecule has 0 saturated carbocycles. The number of aryl methyl sites for hydroxylation is 1. The van der Waals surface area contributed by atoms with Crippen LogP contribution in [0.3, 0.4) is 0 Å². The Bertz CT molecular complexity index is 604. The van der Waals surface area contributed by atoms with Crippen LogP contribution in [-0.4, -0.2) is 24.5 Å². The van der Waals surface area contributed by atoms with Crippen LogP contribution < -0.4 is 10.6 Å². The standard InChI is InChI=1S/C18H26N4S/c1-14(2)16-13-23-17(22-16)12-21-18(19-3)20-11-7-10-15-8-5-4-6-9-15/h4-6,8-9,13-14H,7,10-12H2,1-3H3,(H2,19,20,21). The summed E-state index contributed by atoms with van der Waals surface area (Å²) in [5.74, 6) is 1.31.